The highest BCUT2D eigenvalue weighted by molar-refractivity contribution is 5.69. The van der Waals surface area contributed by atoms with Crippen LogP contribution in [-0.2, 0) is 16.0 Å². The van der Waals surface area contributed by atoms with E-state index < -0.39 is 0 Å². The zero-order valence-electron chi connectivity index (χ0n) is 10.3. The molecule has 1 aromatic heterocycles. The predicted molar refractivity (Wildman–Crippen MR) is 69.0 cm³/mol. The Kier molecular flexibility index (Phi) is 4.12. The zero-order valence-corrected chi connectivity index (χ0v) is 10.3. The Morgan fingerprint density at radius 3 is 2.83 bits per heavy atom. The number of nitrogens with zero attached hydrogens (tertiary/aromatic N) is 1. The summed E-state index contributed by atoms with van der Waals surface area (Å²) in [5.41, 5.74) is 1.99. The van der Waals surface area contributed by atoms with Gasteiger partial charge in [-0.05, 0) is 13.3 Å². The molecule has 0 bridgehead atoms. The fourth-order valence-corrected chi connectivity index (χ4v) is 1.70. The van der Waals surface area contributed by atoms with E-state index >= 15 is 0 Å². The minimum atomic E-state index is -0.173. The van der Waals surface area contributed by atoms with Crippen molar-refractivity contribution in [3.63, 3.8) is 0 Å². The molecule has 0 aliphatic carbocycles. The van der Waals surface area contributed by atoms with Gasteiger partial charge in [0.1, 0.15) is 5.82 Å². The summed E-state index contributed by atoms with van der Waals surface area (Å²) >= 11 is 0. The van der Waals surface area contributed by atoms with Gasteiger partial charge in [0, 0.05) is 17.5 Å². The third-order valence-corrected chi connectivity index (χ3v) is 2.58. The molecule has 1 N–H and O–H groups in total. The van der Waals surface area contributed by atoms with Gasteiger partial charge in [0.2, 0.25) is 0 Å². The van der Waals surface area contributed by atoms with Crippen molar-refractivity contribution in [1.82, 2.24) is 9.97 Å². The Morgan fingerprint density at radius 1 is 1.33 bits per heavy atom. The highest BCUT2D eigenvalue weighted by atomic mass is 16.5. The number of benzene rings is 1. The molecule has 0 radical (unpaired) electrons. The molecule has 0 saturated carbocycles. The lowest BCUT2D eigenvalue weighted by atomic mass is 10.2. The highest BCUT2D eigenvalue weighted by Crippen LogP contribution is 2.15. The van der Waals surface area contributed by atoms with Gasteiger partial charge < -0.3 is 9.72 Å². The number of hydrogen-bond acceptors (Lipinski definition) is 3. The van der Waals surface area contributed by atoms with Crippen LogP contribution in [0.15, 0.2) is 36.5 Å². The van der Waals surface area contributed by atoms with Crippen molar-refractivity contribution in [1.29, 1.82) is 0 Å². The van der Waals surface area contributed by atoms with Crippen molar-refractivity contribution in [2.45, 2.75) is 19.8 Å². The van der Waals surface area contributed by atoms with E-state index in [2.05, 4.69) is 9.97 Å². The lowest BCUT2D eigenvalue weighted by Crippen LogP contribution is -2.05. The quantitative estimate of drug-likeness (QED) is 0.822. The predicted octanol–water partition coefficient (Wildman–Crippen LogP) is 2.57. The highest BCUT2D eigenvalue weighted by Gasteiger charge is 2.06. The normalized spacial score (nSPS) is 10.3. The fourth-order valence-electron chi connectivity index (χ4n) is 1.70. The van der Waals surface area contributed by atoms with Gasteiger partial charge in [0.15, 0.2) is 0 Å². The van der Waals surface area contributed by atoms with Gasteiger partial charge in [-0.2, -0.15) is 0 Å². The third kappa shape index (κ3) is 3.20. The number of carbonyl (C=O) groups excluding carboxylic acids is 1. The molecule has 0 fully saturated rings. The first-order chi connectivity index (χ1) is 8.79. The summed E-state index contributed by atoms with van der Waals surface area (Å²) in [7, 11) is 0. The molecule has 0 aliphatic heterocycles. The third-order valence-electron chi connectivity index (χ3n) is 2.58. The minimum Gasteiger partial charge on any atom is -0.466 e. The second-order valence-corrected chi connectivity index (χ2v) is 3.93. The van der Waals surface area contributed by atoms with Crippen LogP contribution in [0, 0.1) is 0 Å². The van der Waals surface area contributed by atoms with Crippen LogP contribution in [0.4, 0.5) is 0 Å². The van der Waals surface area contributed by atoms with Gasteiger partial charge in [-0.15, -0.1) is 0 Å². The molecule has 0 saturated heterocycles. The van der Waals surface area contributed by atoms with Crippen molar-refractivity contribution in [2.24, 2.45) is 0 Å². The smallest absolute Gasteiger partial charge is 0.306 e. The van der Waals surface area contributed by atoms with Crippen LogP contribution >= 0.6 is 0 Å². The molecule has 0 unspecified atom stereocenters. The lowest BCUT2D eigenvalue weighted by molar-refractivity contribution is -0.143. The summed E-state index contributed by atoms with van der Waals surface area (Å²) in [5, 5.41) is 0. The van der Waals surface area contributed by atoms with Crippen LogP contribution < -0.4 is 0 Å². The van der Waals surface area contributed by atoms with E-state index in [1.54, 1.807) is 6.20 Å². The summed E-state index contributed by atoms with van der Waals surface area (Å²) in [6.45, 7) is 2.23. The average molecular weight is 244 g/mol. The summed E-state index contributed by atoms with van der Waals surface area (Å²) < 4.78 is 4.88. The van der Waals surface area contributed by atoms with E-state index in [-0.39, 0.29) is 5.97 Å². The molecular weight excluding hydrogens is 228 g/mol. The van der Waals surface area contributed by atoms with Crippen LogP contribution in [0.5, 0.6) is 0 Å². The first kappa shape index (κ1) is 12.4. The van der Waals surface area contributed by atoms with Gasteiger partial charge in [-0.25, -0.2) is 4.98 Å². The molecule has 0 aliphatic rings. The maximum Gasteiger partial charge on any atom is 0.306 e. The minimum absolute atomic E-state index is 0.173. The summed E-state index contributed by atoms with van der Waals surface area (Å²) in [6.07, 6.45) is 2.77. The fraction of sp³-hybridized carbons (Fsp3) is 0.286. The van der Waals surface area contributed by atoms with Crippen molar-refractivity contribution in [3.05, 3.63) is 42.2 Å². The Morgan fingerprint density at radius 2 is 2.11 bits per heavy atom. The SMILES string of the molecule is CCOC(=O)CCc1cnc(-c2ccccc2)[nH]1. The number of imidazole rings is 1. The van der Waals surface area contributed by atoms with Crippen LogP contribution in [-0.4, -0.2) is 22.5 Å². The van der Waals surface area contributed by atoms with Gasteiger partial charge in [0.25, 0.3) is 0 Å². The van der Waals surface area contributed by atoms with Crippen LogP contribution in [0.2, 0.25) is 0 Å². The second-order valence-electron chi connectivity index (χ2n) is 3.93. The lowest BCUT2D eigenvalue weighted by Gasteiger charge is -1.99. The average Bonchev–Trinajstić information content (AvgIpc) is 2.87. The summed E-state index contributed by atoms with van der Waals surface area (Å²) in [5.74, 6) is 0.655. The first-order valence-corrected chi connectivity index (χ1v) is 6.04. The van der Waals surface area contributed by atoms with Gasteiger partial charge >= 0.3 is 5.97 Å². The van der Waals surface area contributed by atoms with Gasteiger partial charge in [-0.1, -0.05) is 30.3 Å². The molecule has 4 heteroatoms. The van der Waals surface area contributed by atoms with Crippen molar-refractivity contribution in [2.75, 3.05) is 6.61 Å². The van der Waals surface area contributed by atoms with E-state index in [9.17, 15) is 4.79 Å². The van der Waals surface area contributed by atoms with Crippen LogP contribution in [0.3, 0.4) is 0 Å². The molecule has 2 aromatic rings. The zero-order chi connectivity index (χ0) is 12.8. The Labute approximate surface area is 106 Å². The number of H-pyrrole nitrogens is 1. The molecule has 0 amide bonds. The number of esters is 1. The molecule has 1 aromatic carbocycles. The van der Waals surface area contributed by atoms with Crippen LogP contribution in [0.25, 0.3) is 11.4 Å². The molecule has 0 atom stereocenters. The van der Waals surface area contributed by atoms with E-state index in [0.717, 1.165) is 17.1 Å². The number of aryl methyl sites for hydroxylation is 1. The van der Waals surface area contributed by atoms with E-state index in [4.69, 9.17) is 4.74 Å². The molecular formula is C14H16N2O2. The standard InChI is InChI=1S/C14H16N2O2/c1-2-18-13(17)9-8-12-10-15-14(16-12)11-6-4-3-5-7-11/h3-7,10H,2,8-9H2,1H3,(H,15,16). The molecule has 94 valence electrons. The largest absolute Gasteiger partial charge is 0.466 e. The van der Waals surface area contributed by atoms with Crippen molar-refractivity contribution in [3.8, 4) is 11.4 Å². The number of carbonyl (C=O) groups is 1. The van der Waals surface area contributed by atoms with E-state index in [1.165, 1.54) is 0 Å². The molecule has 18 heavy (non-hydrogen) atoms. The molecule has 2 rings (SSSR count). The van der Waals surface area contributed by atoms with Gasteiger partial charge in [-0.3, -0.25) is 4.79 Å². The Bertz CT molecular complexity index is 506. The number of ether oxygens (including phenoxy) is 1. The number of rotatable bonds is 5. The van der Waals surface area contributed by atoms with E-state index in [1.807, 2.05) is 37.3 Å². The molecule has 1 heterocycles. The number of hydrogen-bond donors (Lipinski definition) is 1. The monoisotopic (exact) mass is 244 g/mol. The molecule has 4 nitrogen and oxygen atoms in total. The topological polar surface area (TPSA) is 55.0 Å². The maximum absolute atomic E-state index is 11.2. The van der Waals surface area contributed by atoms with Gasteiger partial charge in [0.05, 0.1) is 13.0 Å². The molecule has 0 spiro atoms. The van der Waals surface area contributed by atoms with E-state index in [0.29, 0.717) is 19.4 Å². The number of aromatic amines is 1. The second kappa shape index (κ2) is 6.00. The maximum atomic E-state index is 11.2. The Balaban J connectivity index is 1.97. The van der Waals surface area contributed by atoms with Crippen molar-refractivity contribution < 1.29 is 9.53 Å². The number of nitrogens with one attached hydrogen (secondary N) is 1. The Hall–Kier alpha value is -2.10. The number of aromatic nitrogens is 2. The summed E-state index contributed by atoms with van der Waals surface area (Å²) in [6, 6.07) is 9.89. The summed E-state index contributed by atoms with van der Waals surface area (Å²) in [4.78, 5) is 18.7. The first-order valence-electron chi connectivity index (χ1n) is 6.04. The van der Waals surface area contributed by atoms with Crippen LogP contribution in [0.1, 0.15) is 19.0 Å². The van der Waals surface area contributed by atoms with Crippen molar-refractivity contribution >= 4 is 5.97 Å².